The normalized spacial score (nSPS) is 26.0. The van der Waals surface area contributed by atoms with E-state index in [1.807, 2.05) is 0 Å². The van der Waals surface area contributed by atoms with Crippen LogP contribution >= 0.6 is 0 Å². The monoisotopic (exact) mass is 928 g/mol. The molecule has 12 heteroatoms. The highest BCUT2D eigenvalue weighted by atomic mass is 19.3. The van der Waals surface area contributed by atoms with Crippen molar-refractivity contribution in [1.29, 1.82) is 0 Å². The van der Waals surface area contributed by atoms with E-state index in [9.17, 15) is 44.3 Å². The molecule has 4 aromatic carbocycles. The van der Waals surface area contributed by atoms with Gasteiger partial charge in [-0.2, -0.15) is 17.6 Å². The lowest BCUT2D eigenvalue weighted by atomic mass is 9.69. The maximum Gasteiger partial charge on any atom is 0.400 e. The van der Waals surface area contributed by atoms with Crippen LogP contribution in [-0.4, -0.2) is 12.1 Å². The highest BCUT2D eigenvalue weighted by Crippen LogP contribution is 2.47. The quantitative estimate of drug-likeness (QED) is 0.0953. The van der Waals surface area contributed by atoms with Crippen LogP contribution < -0.4 is 9.47 Å². The number of carbonyl (C=O) groups excluding carboxylic acids is 1. The van der Waals surface area contributed by atoms with Crippen LogP contribution in [0.15, 0.2) is 54.6 Å². The summed E-state index contributed by atoms with van der Waals surface area (Å²) in [6.45, 7) is 7.97. The van der Waals surface area contributed by atoms with E-state index >= 15 is 0 Å². The predicted molar refractivity (Wildman–Crippen MR) is 237 cm³/mol. The third-order valence-corrected chi connectivity index (χ3v) is 15.3. The van der Waals surface area contributed by atoms with Crippen LogP contribution in [0.3, 0.4) is 0 Å². The summed E-state index contributed by atoms with van der Waals surface area (Å²) < 4.78 is 141. The van der Waals surface area contributed by atoms with Crippen LogP contribution in [0.4, 0.5) is 39.5 Å². The molecule has 66 heavy (non-hydrogen) atoms. The van der Waals surface area contributed by atoms with E-state index < -0.39 is 81.3 Å². The Bertz CT molecular complexity index is 2320. The van der Waals surface area contributed by atoms with E-state index in [-0.39, 0.29) is 35.8 Å². The largest absolute Gasteiger partial charge is 0.429 e. The first kappa shape index (κ1) is 49.4. The van der Waals surface area contributed by atoms with Crippen molar-refractivity contribution in [2.24, 2.45) is 35.5 Å². The first-order chi connectivity index (χ1) is 31.4. The van der Waals surface area contributed by atoms with Crippen LogP contribution in [-0.2, 0) is 0 Å². The summed E-state index contributed by atoms with van der Waals surface area (Å²) >= 11 is 0. The second kappa shape index (κ2) is 21.2. The van der Waals surface area contributed by atoms with E-state index in [1.165, 1.54) is 50.1 Å². The number of ether oxygens (including phenoxy) is 2. The summed E-state index contributed by atoms with van der Waals surface area (Å²) in [7, 11) is 0. The maximum absolute atomic E-state index is 14.9. The highest BCUT2D eigenvalue weighted by Gasteiger charge is 2.46. The number of benzene rings is 4. The van der Waals surface area contributed by atoms with Gasteiger partial charge in [-0.25, -0.2) is 26.7 Å². The fraction of sp³-hybridized carbons (Fsp3) is 0.537. The summed E-state index contributed by atoms with van der Waals surface area (Å²) in [5.41, 5.74) is -0.126. The fourth-order valence-corrected chi connectivity index (χ4v) is 10.8. The van der Waals surface area contributed by atoms with Gasteiger partial charge in [-0.05, 0) is 160 Å². The van der Waals surface area contributed by atoms with Crippen LogP contribution in [0.5, 0.6) is 11.5 Å². The van der Waals surface area contributed by atoms with Crippen molar-refractivity contribution in [3.8, 4) is 22.6 Å². The highest BCUT2D eigenvalue weighted by molar-refractivity contribution is 5.91. The Hall–Kier alpha value is -4.48. The summed E-state index contributed by atoms with van der Waals surface area (Å²) in [6.07, 6.45) is 10.7. The molecule has 0 saturated heterocycles. The third-order valence-electron chi connectivity index (χ3n) is 15.3. The number of carbonyl (C=O) groups is 1. The Labute approximate surface area is 382 Å². The second-order valence-corrected chi connectivity index (χ2v) is 19.9. The van der Waals surface area contributed by atoms with E-state index in [0.717, 1.165) is 93.9 Å². The van der Waals surface area contributed by atoms with Gasteiger partial charge in [0.2, 0.25) is 11.6 Å². The lowest BCUT2D eigenvalue weighted by Crippen LogP contribution is -2.38. The molecule has 0 atom stereocenters. The van der Waals surface area contributed by atoms with E-state index in [0.29, 0.717) is 42.1 Å². The Balaban J connectivity index is 0.000000197. The van der Waals surface area contributed by atoms with Gasteiger partial charge >= 0.3 is 12.1 Å². The maximum atomic E-state index is 14.9. The van der Waals surface area contributed by atoms with Crippen molar-refractivity contribution in [3.63, 3.8) is 0 Å². The standard InChI is InChI=1S/C27H30F6O.C27H31F3O2/c1-15-3-6-17(7-4-15)18-8-10-19(11-9-18)27(32,33)34-22-14-13-21(25(30)26(22)31)20-12-5-16(2)23(28)24(20)29;1-16-3-7-18(8-4-16)20-11-12-22(23(28)15-20)27(31)32-24-14-13-21(25(29)26(24)30)19-9-5-17(2)6-10-19/h5,12-15,17-19H,3-4,6-11H2,1-2H3;11-19H,3-10H2,1-2H3. The number of aryl methyl sites for hydroxylation is 1. The molecule has 4 aliphatic carbocycles. The molecule has 0 amide bonds. The van der Waals surface area contributed by atoms with Gasteiger partial charge in [0.05, 0.1) is 11.5 Å². The molecule has 4 saturated carbocycles. The van der Waals surface area contributed by atoms with Crippen LogP contribution in [0.1, 0.15) is 162 Å². The Morgan fingerprint density at radius 3 is 1.58 bits per heavy atom. The van der Waals surface area contributed by atoms with Gasteiger partial charge in [0.25, 0.3) is 0 Å². The van der Waals surface area contributed by atoms with Crippen molar-refractivity contribution < 1.29 is 53.8 Å². The second-order valence-electron chi connectivity index (χ2n) is 19.9. The van der Waals surface area contributed by atoms with Crippen LogP contribution in [0.25, 0.3) is 11.1 Å². The van der Waals surface area contributed by atoms with Gasteiger partial charge in [-0.15, -0.1) is 0 Å². The lowest BCUT2D eigenvalue weighted by molar-refractivity contribution is -0.225. The first-order valence-corrected chi connectivity index (χ1v) is 23.9. The summed E-state index contributed by atoms with van der Waals surface area (Å²) in [5, 5.41) is 0. The van der Waals surface area contributed by atoms with E-state index in [2.05, 4.69) is 20.8 Å². The number of esters is 1. The smallest absolute Gasteiger partial charge is 0.400 e. The zero-order chi connectivity index (χ0) is 47.4. The number of alkyl halides is 2. The van der Waals surface area contributed by atoms with Gasteiger partial charge in [-0.3, -0.25) is 0 Å². The molecule has 0 aliphatic heterocycles. The molecule has 0 N–H and O–H groups in total. The Kier molecular flexibility index (Phi) is 15.9. The zero-order valence-corrected chi connectivity index (χ0v) is 38.3. The van der Waals surface area contributed by atoms with Crippen LogP contribution in [0.2, 0.25) is 0 Å². The molecule has 8 rings (SSSR count). The minimum atomic E-state index is -3.66. The molecule has 3 nitrogen and oxygen atoms in total. The number of halogens is 9. The van der Waals surface area contributed by atoms with Crippen molar-refractivity contribution in [2.45, 2.75) is 148 Å². The van der Waals surface area contributed by atoms with Crippen molar-refractivity contribution in [2.75, 3.05) is 0 Å². The fourth-order valence-electron chi connectivity index (χ4n) is 10.8. The number of rotatable bonds is 9. The van der Waals surface area contributed by atoms with Crippen LogP contribution in [0, 0.1) is 83.2 Å². The van der Waals surface area contributed by atoms with Crippen molar-refractivity contribution in [1.82, 2.24) is 0 Å². The SMILES string of the molecule is CC1CCC(c2ccc(C(=O)Oc3ccc(C4CCC(C)CC4)c(F)c3F)c(F)c2)CC1.Cc1ccc(-c2ccc(OC(F)(F)C3CCC(C4CCC(C)CC4)CC3)c(F)c2F)c(F)c1F. The minimum absolute atomic E-state index is 0.00879. The van der Waals surface area contributed by atoms with Gasteiger partial charge in [0, 0.05) is 11.1 Å². The summed E-state index contributed by atoms with van der Waals surface area (Å²) in [6, 6.07) is 11.4. The average molecular weight is 929 g/mol. The minimum Gasteiger partial charge on any atom is -0.429 e. The number of hydrogen-bond acceptors (Lipinski definition) is 3. The summed E-state index contributed by atoms with van der Waals surface area (Å²) in [4.78, 5) is 12.5. The molecule has 4 aromatic rings. The van der Waals surface area contributed by atoms with E-state index in [4.69, 9.17) is 9.47 Å². The van der Waals surface area contributed by atoms with Crippen molar-refractivity contribution in [3.05, 3.63) is 118 Å². The van der Waals surface area contributed by atoms with Crippen molar-refractivity contribution >= 4 is 5.97 Å². The van der Waals surface area contributed by atoms with Gasteiger partial charge in [0.15, 0.2) is 34.8 Å². The Morgan fingerprint density at radius 2 is 1.00 bits per heavy atom. The van der Waals surface area contributed by atoms with Gasteiger partial charge in [0.1, 0.15) is 5.82 Å². The average Bonchev–Trinajstić information content (AvgIpc) is 3.30. The molecule has 0 spiro atoms. The van der Waals surface area contributed by atoms with E-state index in [1.54, 1.807) is 6.07 Å². The molecule has 4 fully saturated rings. The topological polar surface area (TPSA) is 35.5 Å². The molecule has 358 valence electrons. The molecular weight excluding hydrogens is 868 g/mol. The molecule has 0 radical (unpaired) electrons. The van der Waals surface area contributed by atoms with Gasteiger partial charge < -0.3 is 9.47 Å². The molecule has 4 aliphatic rings. The summed E-state index contributed by atoms with van der Waals surface area (Å²) in [5.74, 6) is -8.86. The Morgan fingerprint density at radius 1 is 0.515 bits per heavy atom. The molecule has 0 bridgehead atoms. The molecule has 0 heterocycles. The van der Waals surface area contributed by atoms with Gasteiger partial charge in [-0.1, -0.05) is 83.6 Å². The molecule has 0 unspecified atom stereocenters. The third kappa shape index (κ3) is 11.3. The predicted octanol–water partition coefficient (Wildman–Crippen LogP) is 16.7. The lowest BCUT2D eigenvalue weighted by Gasteiger charge is -2.38. The molecule has 0 aromatic heterocycles. The zero-order valence-electron chi connectivity index (χ0n) is 38.3. The number of hydrogen-bond donors (Lipinski definition) is 0. The molecular formula is C54H61F9O3. The first-order valence-electron chi connectivity index (χ1n) is 23.9.